The van der Waals surface area contributed by atoms with Crippen LogP contribution in [0, 0.1) is 5.82 Å². The second-order valence-electron chi connectivity index (χ2n) is 6.11. The Bertz CT molecular complexity index is 715. The molecule has 0 saturated heterocycles. The maximum Gasteiger partial charge on any atom is 0.191 e. The van der Waals surface area contributed by atoms with E-state index in [1.165, 1.54) is 31.7 Å². The third-order valence-corrected chi connectivity index (χ3v) is 4.24. The van der Waals surface area contributed by atoms with Crippen molar-refractivity contribution in [2.45, 2.75) is 38.3 Å². The van der Waals surface area contributed by atoms with Crippen molar-refractivity contribution in [1.82, 2.24) is 15.6 Å². The maximum absolute atomic E-state index is 14.3. The molecule has 0 bridgehead atoms. The van der Waals surface area contributed by atoms with E-state index in [0.717, 1.165) is 11.5 Å². The Hall–Kier alpha value is -2.63. The maximum atomic E-state index is 14.3. The van der Waals surface area contributed by atoms with Crippen molar-refractivity contribution in [3.05, 3.63) is 54.1 Å². The van der Waals surface area contributed by atoms with Crippen molar-refractivity contribution in [1.29, 1.82) is 0 Å². The number of pyridine rings is 1. The molecule has 1 aliphatic carbocycles. The molecule has 2 N–H and O–H groups in total. The minimum atomic E-state index is -0.401. The highest BCUT2D eigenvalue weighted by Crippen LogP contribution is 2.24. The molecule has 132 valence electrons. The first kappa shape index (κ1) is 17.2. The Morgan fingerprint density at radius 2 is 2.16 bits per heavy atom. The molecule has 1 aliphatic rings. The van der Waals surface area contributed by atoms with Crippen LogP contribution in [0.4, 0.5) is 4.39 Å². The number of benzene rings is 1. The van der Waals surface area contributed by atoms with Crippen molar-refractivity contribution >= 4 is 5.96 Å². The molecule has 6 heteroatoms. The van der Waals surface area contributed by atoms with Gasteiger partial charge in [-0.2, -0.15) is 0 Å². The zero-order valence-electron chi connectivity index (χ0n) is 14.3. The molecule has 1 heterocycles. The first-order valence-corrected chi connectivity index (χ1v) is 8.58. The Labute approximate surface area is 147 Å². The fourth-order valence-corrected chi connectivity index (χ4v) is 2.92. The third-order valence-electron chi connectivity index (χ3n) is 4.24. The van der Waals surface area contributed by atoms with Crippen LogP contribution in [-0.2, 0) is 6.54 Å². The Morgan fingerprint density at radius 3 is 2.84 bits per heavy atom. The van der Waals surface area contributed by atoms with E-state index in [2.05, 4.69) is 20.6 Å². The largest absolute Gasteiger partial charge is 0.453 e. The minimum absolute atomic E-state index is 0.185. The van der Waals surface area contributed by atoms with Gasteiger partial charge in [0.25, 0.3) is 0 Å². The van der Waals surface area contributed by atoms with Gasteiger partial charge in [0, 0.05) is 25.8 Å². The molecule has 1 aromatic heterocycles. The van der Waals surface area contributed by atoms with E-state index in [-0.39, 0.29) is 5.75 Å². The molecule has 0 amide bonds. The summed E-state index contributed by atoms with van der Waals surface area (Å²) >= 11 is 0. The highest BCUT2D eigenvalue weighted by molar-refractivity contribution is 5.79. The molecule has 25 heavy (non-hydrogen) atoms. The molecule has 1 saturated carbocycles. The predicted octanol–water partition coefficient (Wildman–Crippen LogP) is 3.62. The van der Waals surface area contributed by atoms with Gasteiger partial charge in [0.05, 0.1) is 6.20 Å². The van der Waals surface area contributed by atoms with Crippen molar-refractivity contribution in [3.63, 3.8) is 0 Å². The number of hydrogen-bond donors (Lipinski definition) is 2. The van der Waals surface area contributed by atoms with E-state index in [0.29, 0.717) is 18.3 Å². The van der Waals surface area contributed by atoms with Crippen molar-refractivity contribution in [3.8, 4) is 11.5 Å². The van der Waals surface area contributed by atoms with Crippen LogP contribution in [0.15, 0.2) is 47.7 Å². The van der Waals surface area contributed by atoms with Gasteiger partial charge in [0.1, 0.15) is 5.75 Å². The van der Waals surface area contributed by atoms with Crippen LogP contribution in [0.2, 0.25) is 0 Å². The van der Waals surface area contributed by atoms with Crippen LogP contribution < -0.4 is 15.4 Å². The second-order valence-corrected chi connectivity index (χ2v) is 6.11. The molecule has 2 aromatic rings. The lowest BCUT2D eigenvalue weighted by molar-refractivity contribution is 0.440. The van der Waals surface area contributed by atoms with Crippen LogP contribution in [0.5, 0.6) is 11.5 Å². The molecular formula is C19H23FN4O. The van der Waals surface area contributed by atoms with E-state index in [9.17, 15) is 4.39 Å². The van der Waals surface area contributed by atoms with E-state index < -0.39 is 5.82 Å². The second kappa shape index (κ2) is 8.46. The third kappa shape index (κ3) is 4.92. The number of ether oxygens (including phenoxy) is 1. The number of aliphatic imine (C=N–C) groups is 1. The van der Waals surface area contributed by atoms with Crippen molar-refractivity contribution in [2.75, 3.05) is 7.05 Å². The summed E-state index contributed by atoms with van der Waals surface area (Å²) in [6, 6.07) is 8.91. The summed E-state index contributed by atoms with van der Waals surface area (Å²) in [7, 11) is 1.75. The van der Waals surface area contributed by atoms with Crippen LogP contribution >= 0.6 is 0 Å². The average Bonchev–Trinajstić information content (AvgIpc) is 3.14. The lowest BCUT2D eigenvalue weighted by Crippen LogP contribution is -2.41. The van der Waals surface area contributed by atoms with Gasteiger partial charge >= 0.3 is 0 Å². The van der Waals surface area contributed by atoms with Gasteiger partial charge in [-0.25, -0.2) is 4.39 Å². The zero-order valence-corrected chi connectivity index (χ0v) is 14.3. The number of nitrogens with zero attached hydrogens (tertiary/aromatic N) is 2. The Morgan fingerprint density at radius 1 is 1.32 bits per heavy atom. The molecule has 0 atom stereocenters. The monoisotopic (exact) mass is 342 g/mol. The minimum Gasteiger partial charge on any atom is -0.453 e. The van der Waals surface area contributed by atoms with Crippen LogP contribution in [0.25, 0.3) is 0 Å². The number of guanidine groups is 1. The van der Waals surface area contributed by atoms with Gasteiger partial charge in [-0.3, -0.25) is 9.98 Å². The number of aromatic nitrogens is 1. The highest BCUT2D eigenvalue weighted by Gasteiger charge is 2.15. The summed E-state index contributed by atoms with van der Waals surface area (Å²) in [5, 5.41) is 6.64. The van der Waals surface area contributed by atoms with Gasteiger partial charge in [0.15, 0.2) is 17.5 Å². The quantitative estimate of drug-likeness (QED) is 0.644. The van der Waals surface area contributed by atoms with Crippen LogP contribution in [0.1, 0.15) is 31.2 Å². The number of nitrogens with one attached hydrogen (secondary N) is 2. The van der Waals surface area contributed by atoms with E-state index >= 15 is 0 Å². The fourth-order valence-electron chi connectivity index (χ4n) is 2.92. The lowest BCUT2D eigenvalue weighted by atomic mass is 10.2. The van der Waals surface area contributed by atoms with E-state index in [1.807, 2.05) is 6.07 Å². The topological polar surface area (TPSA) is 58.5 Å². The summed E-state index contributed by atoms with van der Waals surface area (Å²) in [5.41, 5.74) is 0.824. The summed E-state index contributed by atoms with van der Waals surface area (Å²) < 4.78 is 19.8. The highest BCUT2D eigenvalue weighted by atomic mass is 19.1. The summed E-state index contributed by atoms with van der Waals surface area (Å²) in [4.78, 5) is 8.18. The van der Waals surface area contributed by atoms with Gasteiger partial charge in [-0.15, -0.1) is 0 Å². The molecule has 3 rings (SSSR count). The van der Waals surface area contributed by atoms with E-state index in [4.69, 9.17) is 4.74 Å². The number of rotatable bonds is 5. The molecule has 0 spiro atoms. The van der Waals surface area contributed by atoms with Crippen molar-refractivity contribution < 1.29 is 9.13 Å². The summed E-state index contributed by atoms with van der Waals surface area (Å²) in [6.45, 7) is 0.497. The van der Waals surface area contributed by atoms with Gasteiger partial charge < -0.3 is 15.4 Å². The molecule has 0 unspecified atom stereocenters. The van der Waals surface area contributed by atoms with Crippen molar-refractivity contribution in [2.24, 2.45) is 4.99 Å². The predicted molar refractivity (Wildman–Crippen MR) is 96.3 cm³/mol. The van der Waals surface area contributed by atoms with Gasteiger partial charge in [-0.05, 0) is 42.7 Å². The molecule has 5 nitrogen and oxygen atoms in total. The number of hydrogen-bond acceptors (Lipinski definition) is 3. The normalized spacial score (nSPS) is 15.2. The molecule has 1 fully saturated rings. The van der Waals surface area contributed by atoms with Crippen LogP contribution in [-0.4, -0.2) is 24.0 Å². The zero-order chi connectivity index (χ0) is 17.5. The first-order valence-electron chi connectivity index (χ1n) is 8.58. The Kier molecular flexibility index (Phi) is 5.82. The lowest BCUT2D eigenvalue weighted by Gasteiger charge is -2.17. The smallest absolute Gasteiger partial charge is 0.191 e. The molecular weight excluding hydrogens is 319 g/mol. The Balaban J connectivity index is 1.56. The molecule has 0 aliphatic heterocycles. The van der Waals surface area contributed by atoms with E-state index in [1.54, 1.807) is 37.6 Å². The average molecular weight is 342 g/mol. The van der Waals surface area contributed by atoms with Crippen LogP contribution in [0.3, 0.4) is 0 Å². The summed E-state index contributed by atoms with van der Waals surface area (Å²) in [5.74, 6) is 1.04. The SMILES string of the molecule is CN=C(NCc1ccc(Oc2cccnc2)c(F)c1)NC1CCCC1. The van der Waals surface area contributed by atoms with Gasteiger partial charge in [0.2, 0.25) is 0 Å². The molecule has 1 aromatic carbocycles. The first-order chi connectivity index (χ1) is 12.2. The molecule has 0 radical (unpaired) electrons. The standard InChI is InChI=1S/C19H23FN4O/c1-21-19(24-15-5-2-3-6-15)23-12-14-8-9-18(17(20)11-14)25-16-7-4-10-22-13-16/h4,7-11,13,15H,2-3,5-6,12H2,1H3,(H2,21,23,24). The summed E-state index contributed by atoms with van der Waals surface area (Å²) in [6.07, 6.45) is 8.07. The fraction of sp³-hybridized carbons (Fsp3) is 0.368. The number of halogens is 1. The van der Waals surface area contributed by atoms with Gasteiger partial charge in [-0.1, -0.05) is 18.9 Å².